The van der Waals surface area contributed by atoms with Crippen molar-refractivity contribution >= 4 is 30.2 Å². The molecule has 0 spiro atoms. The van der Waals surface area contributed by atoms with Gasteiger partial charge in [-0.1, -0.05) is 12.1 Å². The molecule has 156 valence electrons. The van der Waals surface area contributed by atoms with Gasteiger partial charge < -0.3 is 19.2 Å². The van der Waals surface area contributed by atoms with E-state index < -0.39 is 30.0 Å². The van der Waals surface area contributed by atoms with E-state index in [1.807, 2.05) is 78.8 Å². The second kappa shape index (κ2) is 7.31. The summed E-state index contributed by atoms with van der Waals surface area (Å²) in [5.74, 6) is 0. The van der Waals surface area contributed by atoms with Gasteiger partial charge in [0, 0.05) is 11.6 Å². The first-order valence-corrected chi connectivity index (χ1v) is 9.84. The van der Waals surface area contributed by atoms with E-state index in [2.05, 4.69) is 0 Å². The fourth-order valence-electron chi connectivity index (χ4n) is 3.12. The van der Waals surface area contributed by atoms with Crippen LogP contribution in [-0.4, -0.2) is 46.3 Å². The number of carbonyl (C=O) groups is 1. The molecule has 1 aliphatic rings. The largest absolute Gasteiger partial charge is 0.492 e. The molecule has 0 unspecified atom stereocenters. The van der Waals surface area contributed by atoms with Crippen molar-refractivity contribution < 1.29 is 23.9 Å². The summed E-state index contributed by atoms with van der Waals surface area (Å²) in [6, 6.07) is 7.58. The molecule has 1 aromatic heterocycles. The minimum absolute atomic E-state index is 0.173. The van der Waals surface area contributed by atoms with Crippen LogP contribution in [-0.2, 0) is 14.0 Å². The Labute approximate surface area is 172 Å². The standard InChI is InChI=1S/C22H30BNO5/c1-20(2,3)27-19(26)24-11-10-16-12-15(8-9-18(16)24)13-17(14-25)23-28-21(4,5)22(6,7)29-23/h8-13,25H,14H2,1-7H3. The SMILES string of the molecule is CC(C)(C)OC(=O)n1ccc2cc(C=C(CO)B3OC(C)(C)C(C)(C)O3)ccc21. The molecule has 1 fully saturated rings. The van der Waals surface area contributed by atoms with Crippen LogP contribution in [0.4, 0.5) is 4.79 Å². The third kappa shape index (κ3) is 4.42. The first kappa shape index (κ1) is 21.6. The van der Waals surface area contributed by atoms with Gasteiger partial charge in [-0.15, -0.1) is 0 Å². The van der Waals surface area contributed by atoms with E-state index in [0.29, 0.717) is 5.47 Å². The Bertz CT molecular complexity index is 936. The highest BCUT2D eigenvalue weighted by atomic mass is 16.7. The summed E-state index contributed by atoms with van der Waals surface area (Å²) in [5.41, 5.74) is 0.793. The quantitative estimate of drug-likeness (QED) is 0.774. The zero-order valence-electron chi connectivity index (χ0n) is 18.3. The number of fused-ring (bicyclic) bond motifs is 1. The zero-order chi connectivity index (χ0) is 21.6. The summed E-state index contributed by atoms with van der Waals surface area (Å²) in [4.78, 5) is 12.4. The lowest BCUT2D eigenvalue weighted by Crippen LogP contribution is -2.41. The highest BCUT2D eigenvalue weighted by Gasteiger charge is 2.52. The minimum Gasteiger partial charge on any atom is -0.443 e. The van der Waals surface area contributed by atoms with Gasteiger partial charge in [0.2, 0.25) is 0 Å². The molecule has 2 aromatic rings. The molecule has 0 bridgehead atoms. The van der Waals surface area contributed by atoms with E-state index >= 15 is 0 Å². The van der Waals surface area contributed by atoms with Crippen molar-refractivity contribution in [2.75, 3.05) is 6.61 Å². The van der Waals surface area contributed by atoms with Gasteiger partial charge in [-0.2, -0.15) is 0 Å². The molecule has 6 nitrogen and oxygen atoms in total. The lowest BCUT2D eigenvalue weighted by molar-refractivity contribution is 0.00578. The third-order valence-electron chi connectivity index (χ3n) is 5.40. The topological polar surface area (TPSA) is 69.9 Å². The predicted octanol–water partition coefficient (Wildman–Crippen LogP) is 4.43. The lowest BCUT2D eigenvalue weighted by Gasteiger charge is -2.32. The summed E-state index contributed by atoms with van der Waals surface area (Å²) in [6.07, 6.45) is 3.16. The summed E-state index contributed by atoms with van der Waals surface area (Å²) in [6.45, 7) is 13.3. The number of aliphatic hydroxyl groups is 1. The van der Waals surface area contributed by atoms with Gasteiger partial charge in [0.1, 0.15) is 5.60 Å². The van der Waals surface area contributed by atoms with E-state index in [-0.39, 0.29) is 6.61 Å². The molecule has 0 atom stereocenters. The van der Waals surface area contributed by atoms with Crippen LogP contribution >= 0.6 is 0 Å². The van der Waals surface area contributed by atoms with Crippen molar-refractivity contribution in [1.29, 1.82) is 0 Å². The van der Waals surface area contributed by atoms with Gasteiger partial charge >= 0.3 is 13.2 Å². The molecule has 3 rings (SSSR count). The second-order valence-electron chi connectivity index (χ2n) is 9.45. The molecule has 1 saturated heterocycles. The number of benzene rings is 1. The highest BCUT2D eigenvalue weighted by Crippen LogP contribution is 2.38. The number of hydrogen-bond acceptors (Lipinski definition) is 5. The monoisotopic (exact) mass is 399 g/mol. The molecule has 0 saturated carbocycles. The van der Waals surface area contributed by atoms with Gasteiger partial charge in [-0.3, -0.25) is 4.57 Å². The van der Waals surface area contributed by atoms with Crippen molar-refractivity contribution in [2.45, 2.75) is 65.3 Å². The molecule has 1 aromatic carbocycles. The number of aromatic nitrogens is 1. The van der Waals surface area contributed by atoms with Crippen LogP contribution in [0.5, 0.6) is 0 Å². The fraction of sp³-hybridized carbons (Fsp3) is 0.500. The molecule has 1 aliphatic heterocycles. The first-order chi connectivity index (χ1) is 13.3. The molecule has 7 heteroatoms. The van der Waals surface area contributed by atoms with Gasteiger partial charge in [0.15, 0.2) is 0 Å². The van der Waals surface area contributed by atoms with Crippen LogP contribution in [0.3, 0.4) is 0 Å². The van der Waals surface area contributed by atoms with Crippen LogP contribution < -0.4 is 0 Å². The Balaban J connectivity index is 1.88. The lowest BCUT2D eigenvalue weighted by atomic mass is 9.77. The molecule has 0 amide bonds. The van der Waals surface area contributed by atoms with Gasteiger partial charge in [-0.25, -0.2) is 4.79 Å². The van der Waals surface area contributed by atoms with Crippen LogP contribution in [0.1, 0.15) is 54.0 Å². The Morgan fingerprint density at radius 1 is 1.17 bits per heavy atom. The van der Waals surface area contributed by atoms with Crippen LogP contribution in [0, 0.1) is 0 Å². The van der Waals surface area contributed by atoms with Crippen LogP contribution in [0.2, 0.25) is 0 Å². The minimum atomic E-state index is -0.605. The average molecular weight is 399 g/mol. The smallest absolute Gasteiger partial charge is 0.443 e. The summed E-state index contributed by atoms with van der Waals surface area (Å²) >= 11 is 0. The van der Waals surface area contributed by atoms with Crippen LogP contribution in [0.15, 0.2) is 35.9 Å². The summed E-state index contributed by atoms with van der Waals surface area (Å²) in [7, 11) is -0.605. The third-order valence-corrected chi connectivity index (χ3v) is 5.40. The zero-order valence-corrected chi connectivity index (χ0v) is 18.3. The van der Waals surface area contributed by atoms with E-state index in [9.17, 15) is 9.90 Å². The molecular formula is C22H30BNO5. The number of carbonyl (C=O) groups excluding carboxylic acids is 1. The molecule has 0 radical (unpaired) electrons. The van der Waals surface area contributed by atoms with Crippen molar-refractivity contribution in [1.82, 2.24) is 4.57 Å². The van der Waals surface area contributed by atoms with Crippen molar-refractivity contribution in [2.24, 2.45) is 0 Å². The first-order valence-electron chi connectivity index (χ1n) is 9.84. The molecule has 2 heterocycles. The van der Waals surface area contributed by atoms with Gasteiger partial charge in [-0.05, 0) is 77.7 Å². The molecular weight excluding hydrogens is 369 g/mol. The maximum Gasteiger partial charge on any atom is 0.492 e. The number of ether oxygens (including phenoxy) is 1. The Kier molecular flexibility index (Phi) is 5.45. The summed E-state index contributed by atoms with van der Waals surface area (Å²) < 4.78 is 19.0. The Hall–Kier alpha value is -2.09. The van der Waals surface area contributed by atoms with E-state index in [1.54, 1.807) is 6.20 Å². The number of nitrogens with zero attached hydrogens (tertiary/aromatic N) is 1. The number of hydrogen-bond donors (Lipinski definition) is 1. The van der Waals surface area contributed by atoms with E-state index in [1.165, 1.54) is 4.57 Å². The summed E-state index contributed by atoms with van der Waals surface area (Å²) in [5, 5.41) is 10.8. The normalized spacial score (nSPS) is 19.0. The van der Waals surface area contributed by atoms with Crippen molar-refractivity contribution in [3.8, 4) is 0 Å². The maximum absolute atomic E-state index is 12.4. The Morgan fingerprint density at radius 2 is 1.79 bits per heavy atom. The molecule has 1 N–H and O–H groups in total. The van der Waals surface area contributed by atoms with Crippen LogP contribution in [0.25, 0.3) is 17.0 Å². The number of aliphatic hydroxyl groups excluding tert-OH is 1. The average Bonchev–Trinajstić information content (AvgIpc) is 3.08. The predicted molar refractivity (Wildman–Crippen MR) is 115 cm³/mol. The van der Waals surface area contributed by atoms with E-state index in [4.69, 9.17) is 14.0 Å². The van der Waals surface area contributed by atoms with E-state index in [0.717, 1.165) is 16.5 Å². The van der Waals surface area contributed by atoms with Gasteiger partial charge in [0.25, 0.3) is 0 Å². The fourth-order valence-corrected chi connectivity index (χ4v) is 3.12. The molecule has 0 aliphatic carbocycles. The van der Waals surface area contributed by atoms with Crippen molar-refractivity contribution in [3.63, 3.8) is 0 Å². The van der Waals surface area contributed by atoms with Crippen molar-refractivity contribution in [3.05, 3.63) is 41.5 Å². The maximum atomic E-state index is 12.4. The van der Waals surface area contributed by atoms with Gasteiger partial charge in [0.05, 0.1) is 23.3 Å². The molecule has 29 heavy (non-hydrogen) atoms. The number of rotatable bonds is 3. The second-order valence-corrected chi connectivity index (χ2v) is 9.45. The highest BCUT2D eigenvalue weighted by molar-refractivity contribution is 6.55. The Morgan fingerprint density at radius 3 is 2.34 bits per heavy atom.